The zero-order chi connectivity index (χ0) is 22.2. The van der Waals surface area contributed by atoms with Crippen LogP contribution in [0.3, 0.4) is 0 Å². The fraction of sp³-hybridized carbons (Fsp3) is 0.240. The van der Waals surface area contributed by atoms with Crippen molar-refractivity contribution in [3.63, 3.8) is 0 Å². The van der Waals surface area contributed by atoms with E-state index >= 15 is 0 Å². The molecule has 31 heavy (non-hydrogen) atoms. The van der Waals surface area contributed by atoms with E-state index in [-0.39, 0.29) is 12.6 Å². The van der Waals surface area contributed by atoms with E-state index in [9.17, 15) is 4.79 Å². The summed E-state index contributed by atoms with van der Waals surface area (Å²) in [7, 11) is 0. The quantitative estimate of drug-likeness (QED) is 0.221. The molecule has 1 aromatic heterocycles. The lowest BCUT2D eigenvalue weighted by molar-refractivity contribution is -0.145. The number of esters is 1. The normalized spacial score (nSPS) is 11.4. The van der Waals surface area contributed by atoms with Crippen molar-refractivity contribution in [2.24, 2.45) is 0 Å². The van der Waals surface area contributed by atoms with Gasteiger partial charge in [0.2, 0.25) is 0 Å². The van der Waals surface area contributed by atoms with Crippen molar-refractivity contribution >= 4 is 50.6 Å². The van der Waals surface area contributed by atoms with Crippen molar-refractivity contribution < 1.29 is 14.3 Å². The van der Waals surface area contributed by atoms with Gasteiger partial charge in [-0.3, -0.25) is 0 Å². The topological polar surface area (TPSA) is 35.5 Å². The standard InChI is InChI=1S/C25H25BrO3S2/c1-4-28-25(27)16-29-23-11-10-21(15-17(23)2)30-14-13-22(24-12-5-18(3)31-24)19-6-8-20(26)9-7-19/h5-13,15H,4,14,16H2,1-3H3/b22-13-. The summed E-state index contributed by atoms with van der Waals surface area (Å²) in [6.07, 6.45) is 2.29. The van der Waals surface area contributed by atoms with Gasteiger partial charge in [-0.15, -0.1) is 23.1 Å². The molecular formula is C25H25BrO3S2. The first-order chi connectivity index (χ1) is 15.0. The Morgan fingerprint density at radius 1 is 1.10 bits per heavy atom. The second-order valence-corrected chi connectivity index (χ2v) is 10.2. The van der Waals surface area contributed by atoms with Crippen LogP contribution in [0.2, 0.25) is 0 Å². The van der Waals surface area contributed by atoms with Crippen LogP contribution in [0.4, 0.5) is 0 Å². The number of carbonyl (C=O) groups is 1. The highest BCUT2D eigenvalue weighted by molar-refractivity contribution is 9.10. The van der Waals surface area contributed by atoms with Gasteiger partial charge in [0.25, 0.3) is 0 Å². The molecule has 3 rings (SSSR count). The number of aryl methyl sites for hydroxylation is 2. The molecule has 0 N–H and O–H groups in total. The monoisotopic (exact) mass is 516 g/mol. The van der Waals surface area contributed by atoms with Crippen LogP contribution in [-0.2, 0) is 9.53 Å². The predicted molar refractivity (Wildman–Crippen MR) is 134 cm³/mol. The van der Waals surface area contributed by atoms with Gasteiger partial charge in [-0.2, -0.15) is 0 Å². The Bertz CT molecular complexity index is 1050. The first-order valence-electron chi connectivity index (χ1n) is 10.0. The minimum Gasteiger partial charge on any atom is -0.482 e. The van der Waals surface area contributed by atoms with Crippen molar-refractivity contribution in [2.45, 2.75) is 25.7 Å². The summed E-state index contributed by atoms with van der Waals surface area (Å²) in [6.45, 7) is 6.20. The minimum absolute atomic E-state index is 0.0688. The van der Waals surface area contributed by atoms with Gasteiger partial charge in [-0.1, -0.05) is 34.1 Å². The van der Waals surface area contributed by atoms with E-state index in [2.05, 4.69) is 71.4 Å². The SMILES string of the molecule is CCOC(=O)COc1ccc(SC/C=C(/c2ccc(Br)cc2)c2ccc(C)s2)cc1C. The number of halogens is 1. The smallest absolute Gasteiger partial charge is 0.344 e. The van der Waals surface area contributed by atoms with E-state index in [1.807, 2.05) is 30.4 Å². The Labute approximate surface area is 200 Å². The highest BCUT2D eigenvalue weighted by Crippen LogP contribution is 2.32. The average molecular weight is 518 g/mol. The van der Waals surface area contributed by atoms with Gasteiger partial charge in [0.15, 0.2) is 6.61 Å². The first-order valence-corrected chi connectivity index (χ1v) is 12.6. The van der Waals surface area contributed by atoms with E-state index in [1.165, 1.54) is 20.9 Å². The fourth-order valence-electron chi connectivity index (χ4n) is 3.00. The molecule has 3 nitrogen and oxygen atoms in total. The Hall–Kier alpha value is -2.02. The molecule has 162 valence electrons. The lowest BCUT2D eigenvalue weighted by Gasteiger charge is -2.10. The van der Waals surface area contributed by atoms with E-state index in [1.54, 1.807) is 18.7 Å². The van der Waals surface area contributed by atoms with Crippen molar-refractivity contribution in [2.75, 3.05) is 19.0 Å². The van der Waals surface area contributed by atoms with Crippen LogP contribution in [-0.4, -0.2) is 24.9 Å². The Kier molecular flexibility index (Phi) is 8.81. The lowest BCUT2D eigenvalue weighted by atomic mass is 10.0. The van der Waals surface area contributed by atoms with Crippen LogP contribution < -0.4 is 4.74 Å². The summed E-state index contributed by atoms with van der Waals surface area (Å²) in [5.41, 5.74) is 3.47. The highest BCUT2D eigenvalue weighted by atomic mass is 79.9. The summed E-state index contributed by atoms with van der Waals surface area (Å²) in [6, 6.07) is 18.8. The Morgan fingerprint density at radius 3 is 2.52 bits per heavy atom. The largest absolute Gasteiger partial charge is 0.482 e. The Balaban J connectivity index is 1.69. The number of ether oxygens (including phenoxy) is 2. The molecular weight excluding hydrogens is 492 g/mol. The molecule has 2 aromatic carbocycles. The van der Waals surface area contributed by atoms with Crippen molar-refractivity contribution in [3.8, 4) is 5.75 Å². The van der Waals surface area contributed by atoms with Gasteiger partial charge in [0.05, 0.1) is 6.61 Å². The van der Waals surface area contributed by atoms with Crippen LogP contribution in [0.15, 0.2) is 70.0 Å². The van der Waals surface area contributed by atoms with Crippen LogP contribution in [0.1, 0.15) is 27.8 Å². The maximum absolute atomic E-state index is 11.5. The van der Waals surface area contributed by atoms with Crippen LogP contribution in [0.25, 0.3) is 5.57 Å². The second kappa shape index (κ2) is 11.6. The first kappa shape index (κ1) is 23.6. The molecule has 0 aliphatic carbocycles. The number of hydrogen-bond acceptors (Lipinski definition) is 5. The maximum atomic E-state index is 11.5. The van der Waals surface area contributed by atoms with E-state index in [0.717, 1.165) is 20.7 Å². The van der Waals surface area contributed by atoms with Gasteiger partial charge in [0.1, 0.15) is 5.75 Å². The summed E-state index contributed by atoms with van der Waals surface area (Å²) in [5.74, 6) is 1.21. The number of carbonyl (C=O) groups excluding carboxylic acids is 1. The molecule has 0 aliphatic rings. The number of thiophene rings is 1. The molecule has 0 fully saturated rings. The minimum atomic E-state index is -0.352. The van der Waals surface area contributed by atoms with Crippen LogP contribution in [0.5, 0.6) is 5.75 Å². The molecule has 0 saturated carbocycles. The van der Waals surface area contributed by atoms with Crippen molar-refractivity contribution in [1.29, 1.82) is 0 Å². The van der Waals surface area contributed by atoms with Gasteiger partial charge >= 0.3 is 5.97 Å². The summed E-state index contributed by atoms with van der Waals surface area (Å²) >= 11 is 7.11. The molecule has 0 bridgehead atoms. The second-order valence-electron chi connectivity index (χ2n) is 6.87. The van der Waals surface area contributed by atoms with E-state index in [4.69, 9.17) is 9.47 Å². The fourth-order valence-corrected chi connectivity index (χ4v) is 5.06. The third-order valence-electron chi connectivity index (χ3n) is 4.50. The number of hydrogen-bond donors (Lipinski definition) is 0. The third-order valence-corrected chi connectivity index (χ3v) is 6.98. The Morgan fingerprint density at radius 2 is 1.87 bits per heavy atom. The summed E-state index contributed by atoms with van der Waals surface area (Å²) in [4.78, 5) is 15.2. The van der Waals surface area contributed by atoms with Crippen LogP contribution in [0, 0.1) is 13.8 Å². The molecule has 0 atom stereocenters. The molecule has 6 heteroatoms. The van der Waals surface area contributed by atoms with Gasteiger partial charge in [-0.25, -0.2) is 4.79 Å². The molecule has 0 amide bonds. The zero-order valence-electron chi connectivity index (χ0n) is 17.8. The summed E-state index contributed by atoms with van der Waals surface area (Å²) in [5, 5.41) is 0. The number of thioether (sulfide) groups is 1. The van der Waals surface area contributed by atoms with Gasteiger partial charge < -0.3 is 9.47 Å². The maximum Gasteiger partial charge on any atom is 0.344 e. The third kappa shape index (κ3) is 6.99. The molecule has 3 aromatic rings. The predicted octanol–water partition coefficient (Wildman–Crippen LogP) is 7.29. The highest BCUT2D eigenvalue weighted by Gasteiger charge is 2.09. The van der Waals surface area contributed by atoms with Gasteiger partial charge in [0, 0.05) is 24.9 Å². The molecule has 0 saturated heterocycles. The molecule has 0 radical (unpaired) electrons. The molecule has 0 spiro atoms. The molecule has 0 aliphatic heterocycles. The van der Waals surface area contributed by atoms with E-state index < -0.39 is 0 Å². The van der Waals surface area contributed by atoms with Crippen molar-refractivity contribution in [3.05, 3.63) is 86.0 Å². The number of benzene rings is 2. The van der Waals surface area contributed by atoms with E-state index in [0.29, 0.717) is 12.4 Å². The lowest BCUT2D eigenvalue weighted by Crippen LogP contribution is -2.14. The molecule has 0 unspecified atom stereocenters. The van der Waals surface area contributed by atoms with Crippen molar-refractivity contribution in [1.82, 2.24) is 0 Å². The van der Waals surface area contributed by atoms with Crippen LogP contribution >= 0.6 is 39.0 Å². The average Bonchev–Trinajstić information content (AvgIpc) is 3.17. The van der Waals surface area contributed by atoms with Gasteiger partial charge in [-0.05, 0) is 79.9 Å². The zero-order valence-corrected chi connectivity index (χ0v) is 21.0. The number of rotatable bonds is 9. The molecule has 1 heterocycles. The summed E-state index contributed by atoms with van der Waals surface area (Å²) < 4.78 is 11.6.